The predicted octanol–water partition coefficient (Wildman–Crippen LogP) is 1.23. The van der Waals surface area contributed by atoms with Crippen molar-refractivity contribution in [3.63, 3.8) is 0 Å². The Balaban J connectivity index is 2.31. The van der Waals surface area contributed by atoms with Crippen LogP contribution < -0.4 is 0 Å². The van der Waals surface area contributed by atoms with Gasteiger partial charge >= 0.3 is 0 Å². The molecule has 2 atom stereocenters. The third-order valence-electron chi connectivity index (χ3n) is 3.71. The summed E-state index contributed by atoms with van der Waals surface area (Å²) in [4.78, 5) is 4.11. The molecule has 0 amide bonds. The second-order valence-electron chi connectivity index (χ2n) is 5.46. The van der Waals surface area contributed by atoms with Crippen molar-refractivity contribution in [2.75, 3.05) is 13.2 Å². The van der Waals surface area contributed by atoms with Crippen molar-refractivity contribution in [1.82, 2.24) is 9.29 Å². The van der Waals surface area contributed by atoms with E-state index in [1.165, 1.54) is 18.5 Å². The topological polar surface area (TPSA) is 70.5 Å². The first-order chi connectivity index (χ1) is 9.95. The second-order valence-corrected chi connectivity index (χ2v) is 7.35. The zero-order chi connectivity index (χ0) is 15.5. The first-order valence-corrected chi connectivity index (χ1v) is 8.45. The van der Waals surface area contributed by atoms with Gasteiger partial charge in [0.2, 0.25) is 10.0 Å². The molecule has 0 aliphatic carbocycles. The van der Waals surface area contributed by atoms with Gasteiger partial charge in [0.15, 0.2) is 0 Å². The minimum absolute atomic E-state index is 0.00840. The smallest absolute Gasteiger partial charge is 0.244 e. The predicted molar refractivity (Wildman–Crippen MR) is 80.0 cm³/mol. The maximum absolute atomic E-state index is 12.7. The molecule has 0 aromatic carbocycles. The lowest BCUT2D eigenvalue weighted by molar-refractivity contribution is 0.220. The molecule has 114 valence electrons. The van der Waals surface area contributed by atoms with E-state index >= 15 is 0 Å². The summed E-state index contributed by atoms with van der Waals surface area (Å²) in [6.07, 6.45) is 4.59. The van der Waals surface area contributed by atoms with Crippen LogP contribution >= 0.6 is 0 Å². The summed E-state index contributed by atoms with van der Waals surface area (Å²) in [5.74, 6) is 5.72. The van der Waals surface area contributed by atoms with Gasteiger partial charge in [-0.15, -0.1) is 0 Å². The number of nitrogens with zero attached hydrogens (tertiary/aromatic N) is 2. The molecule has 1 saturated heterocycles. The molecule has 5 nitrogen and oxygen atoms in total. The molecule has 0 radical (unpaired) electrons. The number of aliphatic hydroxyl groups excluding tert-OH is 1. The normalized spacial score (nSPS) is 23.4. The van der Waals surface area contributed by atoms with Gasteiger partial charge in [0.25, 0.3) is 0 Å². The SMILES string of the molecule is CC1CCN(S(=O)(=O)c2cncc(C#CCO)c2)C(C)C1. The number of sulfonamides is 1. The molecule has 21 heavy (non-hydrogen) atoms. The minimum atomic E-state index is -3.54. The van der Waals surface area contributed by atoms with Gasteiger partial charge < -0.3 is 5.11 Å². The van der Waals surface area contributed by atoms with Crippen LogP contribution in [0.5, 0.6) is 0 Å². The Bertz CT molecular complexity index is 661. The number of pyridine rings is 1. The van der Waals surface area contributed by atoms with Crippen LogP contribution in [0.15, 0.2) is 23.4 Å². The Morgan fingerprint density at radius 2 is 2.19 bits per heavy atom. The van der Waals surface area contributed by atoms with Crippen LogP contribution in [0.2, 0.25) is 0 Å². The van der Waals surface area contributed by atoms with E-state index in [0.29, 0.717) is 18.0 Å². The molecule has 0 spiro atoms. The molecule has 1 aliphatic rings. The third-order valence-corrected chi connectivity index (χ3v) is 5.69. The summed E-state index contributed by atoms with van der Waals surface area (Å²) in [6.45, 7) is 4.36. The van der Waals surface area contributed by atoms with Crippen LogP contribution in [0.3, 0.4) is 0 Å². The van der Waals surface area contributed by atoms with Crippen LogP contribution in [0.1, 0.15) is 32.3 Å². The average molecular weight is 308 g/mol. The Morgan fingerprint density at radius 1 is 1.43 bits per heavy atom. The average Bonchev–Trinajstić information content (AvgIpc) is 2.45. The van der Waals surface area contributed by atoms with Crippen LogP contribution in [-0.4, -0.2) is 42.0 Å². The van der Waals surface area contributed by atoms with Crippen molar-refractivity contribution in [2.24, 2.45) is 5.92 Å². The molecular weight excluding hydrogens is 288 g/mol. The highest BCUT2D eigenvalue weighted by molar-refractivity contribution is 7.89. The van der Waals surface area contributed by atoms with E-state index in [1.54, 1.807) is 4.31 Å². The lowest BCUT2D eigenvalue weighted by atomic mass is 9.95. The van der Waals surface area contributed by atoms with Crippen molar-refractivity contribution >= 4 is 10.0 Å². The van der Waals surface area contributed by atoms with Gasteiger partial charge in [-0.05, 0) is 31.7 Å². The van der Waals surface area contributed by atoms with Crippen molar-refractivity contribution in [2.45, 2.75) is 37.6 Å². The van der Waals surface area contributed by atoms with Gasteiger partial charge in [0.05, 0.1) is 0 Å². The maximum atomic E-state index is 12.7. The molecule has 0 saturated carbocycles. The standard InChI is InChI=1S/C15H20N2O3S/c1-12-5-6-17(13(2)8-12)21(19,20)15-9-14(4-3-7-18)10-16-11-15/h9-13,18H,5-8H2,1-2H3. The van der Waals surface area contributed by atoms with E-state index in [-0.39, 0.29) is 17.5 Å². The summed E-state index contributed by atoms with van der Waals surface area (Å²) in [6, 6.07) is 1.50. The van der Waals surface area contributed by atoms with Crippen LogP contribution in [-0.2, 0) is 10.0 Å². The molecule has 1 fully saturated rings. The highest BCUT2D eigenvalue weighted by Crippen LogP contribution is 2.27. The Kier molecular flexibility index (Phi) is 4.99. The number of aromatic nitrogens is 1. The first kappa shape index (κ1) is 16.0. The van der Waals surface area contributed by atoms with E-state index in [2.05, 4.69) is 23.7 Å². The summed E-state index contributed by atoms with van der Waals surface area (Å²) in [7, 11) is -3.54. The lowest BCUT2D eigenvalue weighted by Gasteiger charge is -2.35. The number of hydrogen-bond donors (Lipinski definition) is 1. The Labute approximate surface area is 126 Å². The van der Waals surface area contributed by atoms with E-state index in [4.69, 9.17) is 5.11 Å². The zero-order valence-electron chi connectivity index (χ0n) is 12.3. The molecule has 2 unspecified atom stereocenters. The summed E-state index contributed by atoms with van der Waals surface area (Å²) < 4.78 is 27.0. The molecule has 1 aliphatic heterocycles. The highest BCUT2D eigenvalue weighted by atomic mass is 32.2. The zero-order valence-corrected chi connectivity index (χ0v) is 13.1. The van der Waals surface area contributed by atoms with Gasteiger partial charge in [-0.3, -0.25) is 4.98 Å². The fraction of sp³-hybridized carbons (Fsp3) is 0.533. The maximum Gasteiger partial charge on any atom is 0.244 e. The van der Waals surface area contributed by atoms with E-state index < -0.39 is 10.0 Å². The molecule has 2 rings (SSSR count). The van der Waals surface area contributed by atoms with Crippen LogP contribution in [0.4, 0.5) is 0 Å². The lowest BCUT2D eigenvalue weighted by Crippen LogP contribution is -2.44. The number of piperidine rings is 1. The van der Waals surface area contributed by atoms with E-state index in [0.717, 1.165) is 12.8 Å². The van der Waals surface area contributed by atoms with Crippen molar-refractivity contribution < 1.29 is 13.5 Å². The first-order valence-electron chi connectivity index (χ1n) is 7.01. The Morgan fingerprint density at radius 3 is 2.86 bits per heavy atom. The van der Waals surface area contributed by atoms with Gasteiger partial charge in [-0.1, -0.05) is 18.8 Å². The third kappa shape index (κ3) is 3.62. The molecule has 1 N–H and O–H groups in total. The van der Waals surface area contributed by atoms with Gasteiger partial charge in [0, 0.05) is 30.5 Å². The van der Waals surface area contributed by atoms with Crippen molar-refractivity contribution in [1.29, 1.82) is 0 Å². The number of hydrogen-bond acceptors (Lipinski definition) is 4. The largest absolute Gasteiger partial charge is 0.384 e. The summed E-state index contributed by atoms with van der Waals surface area (Å²) in [5.41, 5.74) is 0.489. The molecule has 1 aromatic rings. The van der Waals surface area contributed by atoms with Gasteiger partial charge in [-0.25, -0.2) is 8.42 Å². The van der Waals surface area contributed by atoms with Gasteiger partial charge in [-0.2, -0.15) is 4.31 Å². The highest BCUT2D eigenvalue weighted by Gasteiger charge is 2.33. The van der Waals surface area contributed by atoms with Crippen molar-refractivity contribution in [3.05, 3.63) is 24.0 Å². The summed E-state index contributed by atoms with van der Waals surface area (Å²) >= 11 is 0. The van der Waals surface area contributed by atoms with Gasteiger partial charge in [0.1, 0.15) is 11.5 Å². The molecule has 0 bridgehead atoms. The van der Waals surface area contributed by atoms with E-state index in [1.807, 2.05) is 6.92 Å². The number of rotatable bonds is 2. The second kappa shape index (κ2) is 6.56. The molecule has 6 heteroatoms. The molecular formula is C15H20N2O3S. The Hall–Kier alpha value is -1.42. The monoisotopic (exact) mass is 308 g/mol. The fourth-order valence-corrected chi connectivity index (χ4v) is 4.29. The summed E-state index contributed by atoms with van der Waals surface area (Å²) in [5, 5.41) is 8.70. The minimum Gasteiger partial charge on any atom is -0.384 e. The van der Waals surface area contributed by atoms with Crippen LogP contribution in [0, 0.1) is 17.8 Å². The van der Waals surface area contributed by atoms with Crippen LogP contribution in [0.25, 0.3) is 0 Å². The quantitative estimate of drug-likeness (QED) is 0.834. The molecule has 2 heterocycles. The van der Waals surface area contributed by atoms with E-state index in [9.17, 15) is 8.42 Å². The molecule has 1 aromatic heterocycles. The van der Waals surface area contributed by atoms with Crippen molar-refractivity contribution in [3.8, 4) is 11.8 Å². The fourth-order valence-electron chi connectivity index (χ4n) is 2.65. The number of aliphatic hydroxyl groups is 1.